The van der Waals surface area contributed by atoms with Crippen molar-refractivity contribution in [2.75, 3.05) is 14.2 Å². The average Bonchev–Trinajstić information content (AvgIpc) is 2.44. The molecule has 1 N–H and O–H groups in total. The van der Waals surface area contributed by atoms with Crippen molar-refractivity contribution >= 4 is 5.97 Å². The van der Waals surface area contributed by atoms with E-state index < -0.39 is 12.1 Å². The molecule has 4 nitrogen and oxygen atoms in total. The maximum absolute atomic E-state index is 11.4. The summed E-state index contributed by atoms with van der Waals surface area (Å²) < 4.78 is 9.93. The van der Waals surface area contributed by atoms with Crippen LogP contribution in [0.15, 0.2) is 12.1 Å². The normalized spacial score (nSPS) is 15.7. The van der Waals surface area contributed by atoms with Crippen molar-refractivity contribution < 1.29 is 19.4 Å². The van der Waals surface area contributed by atoms with Crippen molar-refractivity contribution in [1.29, 1.82) is 0 Å². The van der Waals surface area contributed by atoms with E-state index in [1.165, 1.54) is 7.11 Å². The lowest BCUT2D eigenvalue weighted by molar-refractivity contribution is -0.150. The number of benzene rings is 1. The summed E-state index contributed by atoms with van der Waals surface area (Å²) in [5.74, 6) is 0.221. The van der Waals surface area contributed by atoms with E-state index in [2.05, 4.69) is 4.74 Å². The Morgan fingerprint density at radius 3 is 2.50 bits per heavy atom. The van der Waals surface area contributed by atoms with E-state index in [0.717, 1.165) is 42.6 Å². The van der Waals surface area contributed by atoms with Crippen LogP contribution in [0.2, 0.25) is 0 Å². The van der Waals surface area contributed by atoms with Crippen LogP contribution in [0.4, 0.5) is 0 Å². The van der Waals surface area contributed by atoms with E-state index in [1.54, 1.807) is 13.2 Å². The molecule has 0 amide bonds. The molecule has 1 aliphatic carbocycles. The third-order valence-corrected chi connectivity index (χ3v) is 3.47. The molecule has 0 saturated heterocycles. The Balaban J connectivity index is 2.46. The largest absolute Gasteiger partial charge is 0.496 e. The summed E-state index contributed by atoms with van der Waals surface area (Å²) in [7, 11) is 2.92. The van der Waals surface area contributed by atoms with Crippen LogP contribution >= 0.6 is 0 Å². The van der Waals surface area contributed by atoms with Gasteiger partial charge in [0.25, 0.3) is 0 Å². The molecule has 98 valence electrons. The van der Waals surface area contributed by atoms with E-state index in [-0.39, 0.29) is 0 Å². The van der Waals surface area contributed by atoms with Gasteiger partial charge in [0.2, 0.25) is 0 Å². The van der Waals surface area contributed by atoms with Crippen molar-refractivity contribution in [3.05, 3.63) is 28.8 Å². The lowest BCUT2D eigenvalue weighted by atomic mass is 9.86. The van der Waals surface area contributed by atoms with Crippen LogP contribution < -0.4 is 4.74 Å². The van der Waals surface area contributed by atoms with Crippen LogP contribution in [0.5, 0.6) is 5.75 Å². The fraction of sp³-hybridized carbons (Fsp3) is 0.500. The quantitative estimate of drug-likeness (QED) is 0.831. The maximum Gasteiger partial charge on any atom is 0.339 e. The number of hydrogen-bond acceptors (Lipinski definition) is 4. The predicted molar refractivity (Wildman–Crippen MR) is 66.6 cm³/mol. The number of aliphatic hydroxyl groups excluding tert-OH is 1. The highest BCUT2D eigenvalue weighted by atomic mass is 16.5. The van der Waals surface area contributed by atoms with Crippen molar-refractivity contribution in [1.82, 2.24) is 0 Å². The fourth-order valence-corrected chi connectivity index (χ4v) is 2.55. The van der Waals surface area contributed by atoms with E-state index in [0.29, 0.717) is 5.56 Å². The number of carbonyl (C=O) groups is 1. The first-order valence-electron chi connectivity index (χ1n) is 6.13. The fourth-order valence-electron chi connectivity index (χ4n) is 2.55. The Morgan fingerprint density at radius 1 is 1.22 bits per heavy atom. The molecule has 0 spiro atoms. The first-order chi connectivity index (χ1) is 8.69. The van der Waals surface area contributed by atoms with E-state index in [9.17, 15) is 9.90 Å². The first-order valence-corrected chi connectivity index (χ1v) is 6.13. The summed E-state index contributed by atoms with van der Waals surface area (Å²) in [5, 5.41) is 9.99. The number of aliphatic hydroxyl groups is 1. The van der Waals surface area contributed by atoms with Crippen molar-refractivity contribution in [3.63, 3.8) is 0 Å². The van der Waals surface area contributed by atoms with Gasteiger partial charge in [-0.15, -0.1) is 0 Å². The lowest BCUT2D eigenvalue weighted by Gasteiger charge is -2.23. The Labute approximate surface area is 107 Å². The van der Waals surface area contributed by atoms with Crippen LogP contribution in [-0.2, 0) is 22.4 Å². The minimum absolute atomic E-state index is 0.618. The number of fused-ring (bicyclic) bond motifs is 1. The summed E-state index contributed by atoms with van der Waals surface area (Å²) in [6, 6.07) is 3.57. The molecule has 4 heteroatoms. The molecular weight excluding hydrogens is 232 g/mol. The zero-order valence-electron chi connectivity index (χ0n) is 10.7. The van der Waals surface area contributed by atoms with Crippen molar-refractivity contribution in [2.45, 2.75) is 31.8 Å². The van der Waals surface area contributed by atoms with Gasteiger partial charge in [0.15, 0.2) is 6.10 Å². The molecule has 2 rings (SSSR count). The van der Waals surface area contributed by atoms with Crippen molar-refractivity contribution in [2.24, 2.45) is 0 Å². The van der Waals surface area contributed by atoms with Gasteiger partial charge in [0.05, 0.1) is 14.2 Å². The highest BCUT2D eigenvalue weighted by molar-refractivity contribution is 5.77. The SMILES string of the molecule is COC(=O)C(O)c1ccc(OC)c2c1CCCC2. The first kappa shape index (κ1) is 12.9. The molecule has 1 aromatic carbocycles. The van der Waals surface area contributed by atoms with E-state index in [4.69, 9.17) is 4.74 Å². The molecule has 0 heterocycles. The van der Waals surface area contributed by atoms with Crippen LogP contribution in [-0.4, -0.2) is 25.3 Å². The second-order valence-corrected chi connectivity index (χ2v) is 4.45. The minimum Gasteiger partial charge on any atom is -0.496 e. The second-order valence-electron chi connectivity index (χ2n) is 4.45. The molecule has 1 aliphatic rings. The highest BCUT2D eigenvalue weighted by Gasteiger charge is 2.25. The molecule has 0 aliphatic heterocycles. The van der Waals surface area contributed by atoms with Gasteiger partial charge >= 0.3 is 5.97 Å². The van der Waals surface area contributed by atoms with Crippen LogP contribution in [0.3, 0.4) is 0 Å². The third-order valence-electron chi connectivity index (χ3n) is 3.47. The summed E-state index contributed by atoms with van der Waals surface area (Å²) in [4.78, 5) is 11.4. The molecule has 0 saturated carbocycles. The molecule has 0 aromatic heterocycles. The number of hydrogen-bond donors (Lipinski definition) is 1. The summed E-state index contributed by atoms with van der Waals surface area (Å²) in [6.45, 7) is 0. The van der Waals surface area contributed by atoms with Gasteiger partial charge in [0.1, 0.15) is 5.75 Å². The number of esters is 1. The Kier molecular flexibility index (Phi) is 3.87. The van der Waals surface area contributed by atoms with Crippen LogP contribution in [0.1, 0.15) is 35.6 Å². The Hall–Kier alpha value is -1.55. The van der Waals surface area contributed by atoms with Crippen LogP contribution in [0, 0.1) is 0 Å². The number of ether oxygens (including phenoxy) is 2. The van der Waals surface area contributed by atoms with Crippen molar-refractivity contribution in [3.8, 4) is 5.75 Å². The number of methoxy groups -OCH3 is 2. The molecule has 18 heavy (non-hydrogen) atoms. The van der Waals surface area contributed by atoms with Gasteiger partial charge in [-0.05, 0) is 48.4 Å². The van der Waals surface area contributed by atoms with Gasteiger partial charge in [-0.2, -0.15) is 0 Å². The highest BCUT2D eigenvalue weighted by Crippen LogP contribution is 2.34. The maximum atomic E-state index is 11.4. The number of carbonyl (C=O) groups excluding carboxylic acids is 1. The smallest absolute Gasteiger partial charge is 0.339 e. The number of rotatable bonds is 3. The molecule has 0 fully saturated rings. The molecule has 1 atom stereocenters. The average molecular weight is 250 g/mol. The summed E-state index contributed by atoms with van der Waals surface area (Å²) in [6.07, 6.45) is 2.78. The third kappa shape index (κ3) is 2.20. The lowest BCUT2D eigenvalue weighted by Crippen LogP contribution is -2.18. The second kappa shape index (κ2) is 5.40. The van der Waals surface area contributed by atoms with E-state index in [1.807, 2.05) is 6.07 Å². The molecule has 1 aromatic rings. The molecule has 0 radical (unpaired) electrons. The zero-order chi connectivity index (χ0) is 13.1. The Bertz CT molecular complexity index is 453. The Morgan fingerprint density at radius 2 is 1.89 bits per heavy atom. The molecule has 1 unspecified atom stereocenters. The van der Waals surface area contributed by atoms with Gasteiger partial charge in [-0.25, -0.2) is 4.79 Å². The van der Waals surface area contributed by atoms with Gasteiger partial charge in [0, 0.05) is 0 Å². The topological polar surface area (TPSA) is 55.8 Å². The van der Waals surface area contributed by atoms with Gasteiger partial charge in [-0.3, -0.25) is 0 Å². The predicted octanol–water partition coefficient (Wildman–Crippen LogP) is 1.78. The summed E-state index contributed by atoms with van der Waals surface area (Å²) >= 11 is 0. The standard InChI is InChI=1S/C14H18O4/c1-17-12-8-7-11(13(15)14(16)18-2)9-5-3-4-6-10(9)12/h7-8,13,15H,3-6H2,1-2H3. The molecular formula is C14H18O4. The van der Waals surface area contributed by atoms with Gasteiger partial charge in [-0.1, -0.05) is 6.07 Å². The minimum atomic E-state index is -1.20. The summed E-state index contributed by atoms with van der Waals surface area (Å²) in [5.41, 5.74) is 2.81. The van der Waals surface area contributed by atoms with Gasteiger partial charge < -0.3 is 14.6 Å². The van der Waals surface area contributed by atoms with Crippen LogP contribution in [0.25, 0.3) is 0 Å². The zero-order valence-corrected chi connectivity index (χ0v) is 10.7. The monoisotopic (exact) mass is 250 g/mol. The molecule has 0 bridgehead atoms. The van der Waals surface area contributed by atoms with E-state index >= 15 is 0 Å².